The zero-order valence-electron chi connectivity index (χ0n) is 4.63. The summed E-state index contributed by atoms with van der Waals surface area (Å²) < 4.78 is 0. The summed E-state index contributed by atoms with van der Waals surface area (Å²) in [4.78, 5) is 7.78. The van der Waals surface area contributed by atoms with E-state index in [1.165, 1.54) is 6.33 Å². The lowest BCUT2D eigenvalue weighted by Crippen LogP contribution is -1.87. The van der Waals surface area contributed by atoms with E-state index in [1.54, 1.807) is 6.20 Å². The molecule has 2 rings (SSSR count). The van der Waals surface area contributed by atoms with Crippen LogP contribution in [0.25, 0.3) is 6.08 Å². The maximum absolute atomic E-state index is 3.94. The van der Waals surface area contributed by atoms with Gasteiger partial charge in [0.05, 0.1) is 0 Å². The molecule has 0 fully saturated rings. The van der Waals surface area contributed by atoms with E-state index < -0.39 is 0 Å². The SMILES string of the molecule is [C+]1=Cc2cncnc2N1. The average molecular weight is 118 g/mol. The van der Waals surface area contributed by atoms with E-state index in [2.05, 4.69) is 21.5 Å². The van der Waals surface area contributed by atoms with Gasteiger partial charge >= 0.3 is 0 Å². The summed E-state index contributed by atoms with van der Waals surface area (Å²) in [7, 11) is 0. The van der Waals surface area contributed by atoms with Gasteiger partial charge in [-0.05, 0) is 0 Å². The van der Waals surface area contributed by atoms with Gasteiger partial charge in [0.1, 0.15) is 24.8 Å². The Balaban J connectivity index is 2.63. The van der Waals surface area contributed by atoms with Crippen molar-refractivity contribution in [3.63, 3.8) is 0 Å². The zero-order chi connectivity index (χ0) is 6.10. The predicted octanol–water partition coefficient (Wildman–Crippen LogP) is 0.676. The summed E-state index contributed by atoms with van der Waals surface area (Å²) in [5, 5.41) is 2.84. The van der Waals surface area contributed by atoms with Crippen LogP contribution in [-0.2, 0) is 0 Å². The highest BCUT2D eigenvalue weighted by Crippen LogP contribution is 2.15. The molecule has 0 spiro atoms. The standard InChI is InChI=1S/C6H4N3/c1-2-8-6-5(1)3-7-4-9-6/h1,3-4H,(H,7,8,9)/q+1. The van der Waals surface area contributed by atoms with E-state index in [0.717, 1.165) is 11.4 Å². The minimum absolute atomic E-state index is 0.838. The Morgan fingerprint density at radius 1 is 1.56 bits per heavy atom. The Kier molecular flexibility index (Phi) is 0.737. The van der Waals surface area contributed by atoms with Crippen LogP contribution in [0.2, 0.25) is 0 Å². The van der Waals surface area contributed by atoms with Gasteiger partial charge in [0, 0.05) is 0 Å². The van der Waals surface area contributed by atoms with Crippen LogP contribution in [0.3, 0.4) is 0 Å². The molecule has 0 aliphatic carbocycles. The summed E-state index contributed by atoms with van der Waals surface area (Å²) in [5.41, 5.74) is 0.998. The first-order chi connectivity index (χ1) is 4.47. The zero-order valence-corrected chi connectivity index (χ0v) is 4.63. The lowest BCUT2D eigenvalue weighted by atomic mass is 10.3. The van der Waals surface area contributed by atoms with Crippen molar-refractivity contribution < 1.29 is 0 Å². The van der Waals surface area contributed by atoms with E-state index in [0.29, 0.717) is 0 Å². The summed E-state index contributed by atoms with van der Waals surface area (Å²) in [6.07, 6.45) is 7.88. The molecule has 0 atom stereocenters. The monoisotopic (exact) mass is 118 g/mol. The first-order valence-electron chi connectivity index (χ1n) is 2.61. The van der Waals surface area contributed by atoms with Crippen molar-refractivity contribution in [3.05, 3.63) is 24.3 Å². The molecular formula is C6H4N3+. The molecule has 0 amide bonds. The Morgan fingerprint density at radius 3 is 3.44 bits per heavy atom. The van der Waals surface area contributed by atoms with Crippen molar-refractivity contribution >= 4 is 11.9 Å². The Hall–Kier alpha value is -1.47. The molecule has 2 heterocycles. The van der Waals surface area contributed by atoms with Crippen molar-refractivity contribution in [1.82, 2.24) is 9.97 Å². The highest BCUT2D eigenvalue weighted by atomic mass is 15.0. The molecule has 0 bridgehead atoms. The summed E-state index contributed by atoms with van der Waals surface area (Å²) in [6.45, 7) is 0. The second-order valence-corrected chi connectivity index (χ2v) is 1.74. The number of rotatable bonds is 0. The van der Waals surface area contributed by atoms with Crippen molar-refractivity contribution in [3.8, 4) is 0 Å². The van der Waals surface area contributed by atoms with Gasteiger partial charge in [0.15, 0.2) is 5.56 Å². The van der Waals surface area contributed by atoms with E-state index >= 15 is 0 Å². The number of hydrogen-bond acceptors (Lipinski definition) is 3. The van der Waals surface area contributed by atoms with Crippen molar-refractivity contribution in [1.29, 1.82) is 0 Å². The molecule has 0 saturated carbocycles. The molecule has 0 radical (unpaired) electrons. The Labute approximate surface area is 52.5 Å². The second-order valence-electron chi connectivity index (χ2n) is 1.74. The number of hydrogen-bond donors (Lipinski definition) is 1. The normalized spacial score (nSPS) is 12.0. The summed E-state index contributed by atoms with van der Waals surface area (Å²) >= 11 is 0. The fourth-order valence-electron chi connectivity index (χ4n) is 0.733. The van der Waals surface area contributed by atoms with Gasteiger partial charge in [-0.25, -0.2) is 4.98 Å². The van der Waals surface area contributed by atoms with Crippen LogP contribution in [0.1, 0.15) is 5.56 Å². The number of nitrogens with one attached hydrogen (secondary N) is 1. The third kappa shape index (κ3) is 0.556. The molecule has 3 nitrogen and oxygen atoms in total. The third-order valence-corrected chi connectivity index (χ3v) is 1.16. The Morgan fingerprint density at radius 2 is 2.56 bits per heavy atom. The van der Waals surface area contributed by atoms with Crippen LogP contribution in [0.4, 0.5) is 5.82 Å². The third-order valence-electron chi connectivity index (χ3n) is 1.16. The van der Waals surface area contributed by atoms with E-state index in [4.69, 9.17) is 0 Å². The topological polar surface area (TPSA) is 37.8 Å². The molecular weight excluding hydrogens is 114 g/mol. The molecule has 1 N–H and O–H groups in total. The van der Waals surface area contributed by atoms with Gasteiger partial charge < -0.3 is 0 Å². The van der Waals surface area contributed by atoms with Crippen molar-refractivity contribution in [2.24, 2.45) is 0 Å². The van der Waals surface area contributed by atoms with Crippen molar-refractivity contribution in [2.45, 2.75) is 0 Å². The fraction of sp³-hybridized carbons (Fsp3) is 0. The lowest BCUT2D eigenvalue weighted by molar-refractivity contribution is 1.17. The first-order valence-corrected chi connectivity index (χ1v) is 2.61. The first kappa shape index (κ1) is 4.41. The van der Waals surface area contributed by atoms with E-state index in [9.17, 15) is 0 Å². The van der Waals surface area contributed by atoms with Gasteiger partial charge in [-0.1, -0.05) is 0 Å². The maximum Gasteiger partial charge on any atom is 0.296 e. The average Bonchev–Trinajstić information content (AvgIpc) is 2.33. The molecule has 1 aliphatic rings. The van der Waals surface area contributed by atoms with Gasteiger partial charge in [-0.2, -0.15) is 5.32 Å². The van der Waals surface area contributed by atoms with Gasteiger partial charge in [0.2, 0.25) is 0 Å². The smallest absolute Gasteiger partial charge is 0.227 e. The lowest BCUT2D eigenvalue weighted by Gasteiger charge is -1.80. The quantitative estimate of drug-likeness (QED) is 0.509. The molecule has 3 heteroatoms. The molecule has 42 valence electrons. The Bertz CT molecular complexity index is 254. The van der Waals surface area contributed by atoms with Crippen LogP contribution in [0.15, 0.2) is 12.5 Å². The van der Waals surface area contributed by atoms with Crippen LogP contribution >= 0.6 is 0 Å². The number of anilines is 1. The van der Waals surface area contributed by atoms with Gasteiger partial charge in [-0.3, -0.25) is 0 Å². The van der Waals surface area contributed by atoms with E-state index in [1.807, 2.05) is 6.08 Å². The second kappa shape index (κ2) is 1.50. The van der Waals surface area contributed by atoms with Crippen LogP contribution in [0.5, 0.6) is 0 Å². The summed E-state index contributed by atoms with van der Waals surface area (Å²) in [6, 6.07) is 0. The van der Waals surface area contributed by atoms with Crippen LogP contribution < -0.4 is 5.32 Å². The fourth-order valence-corrected chi connectivity index (χ4v) is 0.733. The predicted molar refractivity (Wildman–Crippen MR) is 33.4 cm³/mol. The number of aromatic nitrogens is 2. The number of fused-ring (bicyclic) bond motifs is 1. The van der Waals surface area contributed by atoms with Crippen molar-refractivity contribution in [2.75, 3.05) is 5.32 Å². The van der Waals surface area contributed by atoms with Crippen LogP contribution in [0, 0.1) is 6.20 Å². The minimum Gasteiger partial charge on any atom is -0.227 e. The molecule has 1 aromatic heterocycles. The largest absolute Gasteiger partial charge is 0.296 e. The number of nitrogens with zero attached hydrogens (tertiary/aromatic N) is 2. The molecule has 1 aliphatic heterocycles. The summed E-state index contributed by atoms with van der Waals surface area (Å²) in [5.74, 6) is 0.838. The molecule has 0 saturated heterocycles. The molecule has 9 heavy (non-hydrogen) atoms. The minimum atomic E-state index is 0.838. The van der Waals surface area contributed by atoms with E-state index in [-0.39, 0.29) is 0 Å². The van der Waals surface area contributed by atoms with Gasteiger partial charge in [0.25, 0.3) is 5.82 Å². The molecule has 0 aromatic carbocycles. The highest BCUT2D eigenvalue weighted by molar-refractivity contribution is 5.67. The molecule has 1 aromatic rings. The highest BCUT2D eigenvalue weighted by Gasteiger charge is 2.16. The van der Waals surface area contributed by atoms with Gasteiger partial charge in [-0.15, -0.1) is 4.98 Å². The van der Waals surface area contributed by atoms with Crippen LogP contribution in [-0.4, -0.2) is 9.97 Å². The molecule has 0 unspecified atom stereocenters. The maximum atomic E-state index is 3.94.